The second kappa shape index (κ2) is 5.95. The summed E-state index contributed by atoms with van der Waals surface area (Å²) in [6.07, 6.45) is 0.453. The first-order chi connectivity index (χ1) is 10.7. The Hall–Kier alpha value is -2.73. The maximum absolute atomic E-state index is 13.0. The van der Waals surface area contributed by atoms with Crippen molar-refractivity contribution in [1.82, 2.24) is 9.66 Å². The van der Waals surface area contributed by atoms with Crippen LogP contribution >= 0.6 is 0 Å². The molecule has 1 aromatic heterocycles. The Morgan fingerprint density at radius 3 is 2.59 bits per heavy atom. The van der Waals surface area contributed by atoms with E-state index in [-0.39, 0.29) is 11.4 Å². The number of nitrogens with two attached hydrogens (primary N) is 1. The van der Waals surface area contributed by atoms with Crippen LogP contribution in [0.25, 0.3) is 10.9 Å². The van der Waals surface area contributed by atoms with E-state index in [2.05, 4.69) is 10.4 Å². The number of benzene rings is 2. The van der Waals surface area contributed by atoms with E-state index >= 15 is 0 Å². The first-order valence-corrected chi connectivity index (χ1v) is 6.92. The van der Waals surface area contributed by atoms with E-state index in [9.17, 15) is 9.18 Å². The highest BCUT2D eigenvalue weighted by molar-refractivity contribution is 5.77. The number of nitrogens with zero attached hydrogens (tertiary/aromatic N) is 2. The van der Waals surface area contributed by atoms with E-state index in [4.69, 9.17) is 5.73 Å². The lowest BCUT2D eigenvalue weighted by Gasteiger charge is -2.15. The summed E-state index contributed by atoms with van der Waals surface area (Å²) in [5.41, 5.74) is 9.59. The Kier molecular flexibility index (Phi) is 3.84. The van der Waals surface area contributed by atoms with Crippen molar-refractivity contribution < 1.29 is 4.39 Å². The Bertz CT molecular complexity index is 858. The molecule has 0 aliphatic rings. The topological polar surface area (TPSA) is 72.9 Å². The molecule has 6 heteroatoms. The van der Waals surface area contributed by atoms with Crippen LogP contribution in [0.2, 0.25) is 0 Å². The first kappa shape index (κ1) is 14.2. The molecule has 3 rings (SSSR count). The quantitative estimate of drug-likeness (QED) is 0.772. The van der Waals surface area contributed by atoms with Crippen LogP contribution in [-0.4, -0.2) is 16.2 Å². The Labute approximate surface area is 126 Å². The number of hydrogen-bond donors (Lipinski definition) is 2. The summed E-state index contributed by atoms with van der Waals surface area (Å²) in [5.74, 6) is 0.201. The van der Waals surface area contributed by atoms with Crippen molar-refractivity contribution in [3.8, 4) is 0 Å². The molecule has 0 amide bonds. The summed E-state index contributed by atoms with van der Waals surface area (Å²) in [6, 6.07) is 12.9. The van der Waals surface area contributed by atoms with Gasteiger partial charge >= 0.3 is 0 Å². The highest BCUT2D eigenvalue weighted by Gasteiger charge is 2.10. The maximum atomic E-state index is 13.0. The van der Waals surface area contributed by atoms with Crippen molar-refractivity contribution in [2.45, 2.75) is 6.42 Å². The third-order valence-electron chi connectivity index (χ3n) is 3.30. The van der Waals surface area contributed by atoms with Gasteiger partial charge in [-0.15, -0.1) is 0 Å². The summed E-state index contributed by atoms with van der Waals surface area (Å²) in [5, 5.41) is 0.512. The van der Waals surface area contributed by atoms with Gasteiger partial charge in [0.25, 0.3) is 5.56 Å². The van der Waals surface area contributed by atoms with E-state index < -0.39 is 0 Å². The van der Waals surface area contributed by atoms with Gasteiger partial charge in [0.05, 0.1) is 16.6 Å². The zero-order valence-corrected chi connectivity index (χ0v) is 11.8. The van der Waals surface area contributed by atoms with Crippen LogP contribution in [-0.2, 0) is 6.42 Å². The molecule has 112 valence electrons. The van der Waals surface area contributed by atoms with Gasteiger partial charge in [0.1, 0.15) is 11.6 Å². The van der Waals surface area contributed by atoms with Crippen molar-refractivity contribution in [2.75, 3.05) is 12.0 Å². The molecule has 3 N–H and O–H groups in total. The normalized spacial score (nSPS) is 10.8. The number of hydrogen-bond acceptors (Lipinski definition) is 4. The number of para-hydroxylation sites is 1. The molecular weight excluding hydrogens is 283 g/mol. The zero-order valence-electron chi connectivity index (χ0n) is 11.8. The van der Waals surface area contributed by atoms with E-state index in [0.717, 1.165) is 0 Å². The molecule has 0 bridgehead atoms. The molecule has 0 radical (unpaired) electrons. The fourth-order valence-corrected chi connectivity index (χ4v) is 2.24. The van der Waals surface area contributed by atoms with Crippen molar-refractivity contribution in [3.05, 3.63) is 70.5 Å². The monoisotopic (exact) mass is 298 g/mol. The minimum Gasteiger partial charge on any atom is -0.330 e. The third-order valence-corrected chi connectivity index (χ3v) is 3.30. The molecule has 0 saturated carbocycles. The Morgan fingerprint density at radius 1 is 1.14 bits per heavy atom. The molecule has 5 nitrogen and oxygen atoms in total. The lowest BCUT2D eigenvalue weighted by Crippen LogP contribution is -2.31. The third kappa shape index (κ3) is 2.68. The molecule has 22 heavy (non-hydrogen) atoms. The summed E-state index contributed by atoms with van der Waals surface area (Å²) in [4.78, 5) is 17.1. The molecule has 3 aromatic rings. The van der Waals surface area contributed by atoms with Crippen molar-refractivity contribution >= 4 is 16.6 Å². The number of halogens is 1. The van der Waals surface area contributed by atoms with Gasteiger partial charge in [0, 0.05) is 6.42 Å². The van der Waals surface area contributed by atoms with Gasteiger partial charge < -0.3 is 5.73 Å². The zero-order chi connectivity index (χ0) is 15.5. The number of aromatic nitrogens is 2. The molecule has 2 aromatic carbocycles. The fraction of sp³-hybridized carbons (Fsp3) is 0.125. The summed E-state index contributed by atoms with van der Waals surface area (Å²) >= 11 is 0. The Morgan fingerprint density at radius 2 is 1.86 bits per heavy atom. The second-order valence-corrected chi connectivity index (χ2v) is 4.84. The van der Waals surface area contributed by atoms with Gasteiger partial charge in [-0.1, -0.05) is 12.1 Å². The fourth-order valence-electron chi connectivity index (χ4n) is 2.24. The van der Waals surface area contributed by atoms with Crippen LogP contribution < -0.4 is 16.7 Å². The molecule has 0 spiro atoms. The summed E-state index contributed by atoms with van der Waals surface area (Å²) < 4.78 is 14.4. The average molecular weight is 298 g/mol. The summed E-state index contributed by atoms with van der Waals surface area (Å²) in [6.45, 7) is 0.371. The lowest BCUT2D eigenvalue weighted by atomic mass is 10.2. The molecule has 0 aliphatic heterocycles. The van der Waals surface area contributed by atoms with Gasteiger partial charge in [-0.05, 0) is 42.9 Å². The van der Waals surface area contributed by atoms with E-state index in [0.29, 0.717) is 35.4 Å². The molecule has 0 fully saturated rings. The predicted octanol–water partition coefficient (Wildman–Crippen LogP) is 1.91. The van der Waals surface area contributed by atoms with Gasteiger partial charge in [-0.25, -0.2) is 14.1 Å². The van der Waals surface area contributed by atoms with Crippen LogP contribution in [0.1, 0.15) is 5.82 Å². The van der Waals surface area contributed by atoms with Crippen molar-refractivity contribution in [1.29, 1.82) is 0 Å². The molecule has 0 atom stereocenters. The van der Waals surface area contributed by atoms with E-state index in [1.807, 2.05) is 6.07 Å². The Balaban J connectivity index is 2.13. The maximum Gasteiger partial charge on any atom is 0.280 e. The highest BCUT2D eigenvalue weighted by Crippen LogP contribution is 2.11. The average Bonchev–Trinajstić information content (AvgIpc) is 2.53. The number of fused-ring (bicyclic) bond motifs is 1. The van der Waals surface area contributed by atoms with Crippen LogP contribution in [0.5, 0.6) is 0 Å². The summed E-state index contributed by atoms with van der Waals surface area (Å²) in [7, 11) is 0. The molecule has 0 aliphatic carbocycles. The molecule has 1 heterocycles. The number of anilines is 1. The molecular formula is C16H15FN4O. The molecule has 0 saturated heterocycles. The molecule has 0 unspecified atom stereocenters. The van der Waals surface area contributed by atoms with Crippen molar-refractivity contribution in [2.24, 2.45) is 5.73 Å². The van der Waals surface area contributed by atoms with Crippen molar-refractivity contribution in [3.63, 3.8) is 0 Å². The minimum absolute atomic E-state index is 0.210. The van der Waals surface area contributed by atoms with Crippen LogP contribution in [0.3, 0.4) is 0 Å². The SMILES string of the molecule is NCCc1nc2ccccc2c(=O)n1Nc1ccc(F)cc1. The standard InChI is InChI=1S/C16H15FN4O/c17-11-5-7-12(8-6-11)20-21-15(9-10-18)19-14-4-2-1-3-13(14)16(21)22/h1-8,20H,9-10,18H2. The van der Waals surface area contributed by atoms with Gasteiger partial charge in [0.2, 0.25) is 0 Å². The van der Waals surface area contributed by atoms with Crippen LogP contribution in [0.4, 0.5) is 10.1 Å². The predicted molar refractivity (Wildman–Crippen MR) is 84.2 cm³/mol. The largest absolute Gasteiger partial charge is 0.330 e. The van der Waals surface area contributed by atoms with E-state index in [1.165, 1.54) is 16.8 Å². The highest BCUT2D eigenvalue weighted by atomic mass is 19.1. The smallest absolute Gasteiger partial charge is 0.280 e. The number of nitrogens with one attached hydrogen (secondary N) is 1. The number of rotatable bonds is 4. The van der Waals surface area contributed by atoms with Gasteiger partial charge in [-0.3, -0.25) is 10.2 Å². The van der Waals surface area contributed by atoms with Gasteiger partial charge in [0.15, 0.2) is 0 Å². The first-order valence-electron chi connectivity index (χ1n) is 6.92. The van der Waals surface area contributed by atoms with Crippen LogP contribution in [0.15, 0.2) is 53.3 Å². The second-order valence-electron chi connectivity index (χ2n) is 4.84. The van der Waals surface area contributed by atoms with Crippen LogP contribution in [0, 0.1) is 5.82 Å². The lowest BCUT2D eigenvalue weighted by molar-refractivity contribution is 0.628. The van der Waals surface area contributed by atoms with Gasteiger partial charge in [-0.2, -0.15) is 0 Å². The van der Waals surface area contributed by atoms with E-state index in [1.54, 1.807) is 30.3 Å². The minimum atomic E-state index is -0.336.